The molecule has 0 aliphatic heterocycles. The molecule has 0 bridgehead atoms. The first-order chi connectivity index (χ1) is 15.1. The van der Waals surface area contributed by atoms with Gasteiger partial charge >= 0.3 is 0 Å². The zero-order valence-corrected chi connectivity index (χ0v) is 19.9. The fraction of sp³-hybridized carbons (Fsp3) is 0.136. The third kappa shape index (κ3) is 6.60. The number of rotatable bonds is 8. The molecule has 0 radical (unpaired) electrons. The van der Waals surface area contributed by atoms with E-state index in [9.17, 15) is 13.2 Å². The molecular weight excluding hydrogens is 495 g/mol. The summed E-state index contributed by atoms with van der Waals surface area (Å²) in [5.74, 6) is -0.296. The fourth-order valence-electron chi connectivity index (χ4n) is 2.84. The van der Waals surface area contributed by atoms with Crippen molar-refractivity contribution in [1.29, 1.82) is 0 Å². The van der Waals surface area contributed by atoms with Gasteiger partial charge in [-0.15, -0.1) is 0 Å². The minimum atomic E-state index is -3.82. The molecule has 0 saturated carbocycles. The van der Waals surface area contributed by atoms with Gasteiger partial charge in [-0.2, -0.15) is 0 Å². The number of hydrogen-bond acceptors (Lipinski definition) is 4. The van der Waals surface area contributed by atoms with Crippen molar-refractivity contribution >= 4 is 56.4 Å². The summed E-state index contributed by atoms with van der Waals surface area (Å²) in [4.78, 5) is 12.1. The Morgan fingerprint density at radius 2 is 1.62 bits per heavy atom. The molecule has 0 saturated heterocycles. The summed E-state index contributed by atoms with van der Waals surface area (Å²) >= 11 is 18.0. The van der Waals surface area contributed by atoms with Gasteiger partial charge in [0.15, 0.2) is 6.61 Å². The molecule has 3 aromatic rings. The lowest BCUT2D eigenvalue weighted by molar-refractivity contribution is -0.118. The summed E-state index contributed by atoms with van der Waals surface area (Å²) in [5.41, 5.74) is 1.25. The molecule has 3 rings (SSSR count). The van der Waals surface area contributed by atoms with Gasteiger partial charge in [-0.1, -0.05) is 65.1 Å². The molecule has 0 fully saturated rings. The maximum atomic E-state index is 12.7. The van der Waals surface area contributed by atoms with Crippen LogP contribution in [-0.4, -0.2) is 20.9 Å². The molecule has 32 heavy (non-hydrogen) atoms. The summed E-state index contributed by atoms with van der Waals surface area (Å²) in [5, 5.41) is 3.42. The van der Waals surface area contributed by atoms with E-state index in [-0.39, 0.29) is 22.3 Å². The smallest absolute Gasteiger partial charge is 0.262 e. The van der Waals surface area contributed by atoms with E-state index in [1.54, 1.807) is 25.1 Å². The monoisotopic (exact) mass is 512 g/mol. The van der Waals surface area contributed by atoms with Crippen molar-refractivity contribution in [2.24, 2.45) is 0 Å². The number of benzene rings is 3. The summed E-state index contributed by atoms with van der Waals surface area (Å²) in [6.07, 6.45) is 0. The molecule has 0 aromatic heterocycles. The Labute approximate surface area is 201 Å². The molecule has 0 unspecified atom stereocenters. The van der Waals surface area contributed by atoms with E-state index in [0.29, 0.717) is 15.7 Å². The second-order valence-corrected chi connectivity index (χ2v) is 9.83. The van der Waals surface area contributed by atoms with E-state index in [4.69, 9.17) is 39.5 Å². The predicted octanol–water partition coefficient (Wildman–Crippen LogP) is 5.70. The van der Waals surface area contributed by atoms with Gasteiger partial charge in [0.2, 0.25) is 10.0 Å². The van der Waals surface area contributed by atoms with Gasteiger partial charge in [0.1, 0.15) is 5.75 Å². The maximum absolute atomic E-state index is 12.7. The van der Waals surface area contributed by atoms with Crippen molar-refractivity contribution in [2.45, 2.75) is 17.9 Å². The zero-order valence-electron chi connectivity index (χ0n) is 16.8. The van der Waals surface area contributed by atoms with E-state index in [0.717, 1.165) is 5.56 Å². The second-order valence-electron chi connectivity index (χ2n) is 6.84. The van der Waals surface area contributed by atoms with Crippen LogP contribution >= 0.6 is 34.8 Å². The van der Waals surface area contributed by atoms with Crippen LogP contribution in [0.1, 0.15) is 18.5 Å². The highest BCUT2D eigenvalue weighted by Gasteiger charge is 2.20. The number of carbonyl (C=O) groups is 1. The van der Waals surface area contributed by atoms with Gasteiger partial charge in [0, 0.05) is 21.8 Å². The molecule has 10 heteroatoms. The van der Waals surface area contributed by atoms with Crippen molar-refractivity contribution in [2.75, 3.05) is 11.9 Å². The molecule has 0 heterocycles. The molecule has 2 N–H and O–H groups in total. The minimum Gasteiger partial charge on any atom is -0.482 e. The molecule has 0 aliphatic carbocycles. The van der Waals surface area contributed by atoms with E-state index < -0.39 is 22.0 Å². The Balaban J connectivity index is 1.63. The molecule has 0 aliphatic rings. The molecule has 1 atom stereocenters. The number of anilines is 1. The zero-order chi connectivity index (χ0) is 23.3. The number of hydrogen-bond donors (Lipinski definition) is 2. The largest absolute Gasteiger partial charge is 0.482 e. The Bertz CT molecular complexity index is 1200. The number of ether oxygens (including phenoxy) is 1. The summed E-state index contributed by atoms with van der Waals surface area (Å²) in [7, 11) is -3.82. The van der Waals surface area contributed by atoms with Crippen LogP contribution in [0.25, 0.3) is 0 Å². The average Bonchev–Trinajstić information content (AvgIpc) is 2.72. The van der Waals surface area contributed by atoms with E-state index in [2.05, 4.69) is 10.0 Å². The van der Waals surface area contributed by atoms with Gasteiger partial charge in [-0.3, -0.25) is 4.79 Å². The lowest BCUT2D eigenvalue weighted by Gasteiger charge is -2.15. The van der Waals surface area contributed by atoms with E-state index >= 15 is 0 Å². The minimum absolute atomic E-state index is 0.0179. The van der Waals surface area contributed by atoms with Crippen molar-refractivity contribution in [3.05, 3.63) is 87.4 Å². The molecule has 6 nitrogen and oxygen atoms in total. The molecule has 1 amide bonds. The number of nitrogens with one attached hydrogen (secondary N) is 2. The number of carbonyl (C=O) groups excluding carboxylic acids is 1. The number of amides is 1. The normalized spacial score (nSPS) is 12.2. The van der Waals surface area contributed by atoms with Crippen molar-refractivity contribution < 1.29 is 17.9 Å². The first-order valence-electron chi connectivity index (χ1n) is 9.39. The summed E-state index contributed by atoms with van der Waals surface area (Å²) in [6.45, 7) is 1.40. The predicted molar refractivity (Wildman–Crippen MR) is 127 cm³/mol. The summed E-state index contributed by atoms with van der Waals surface area (Å²) < 4.78 is 33.4. The van der Waals surface area contributed by atoms with Crippen molar-refractivity contribution in [3.8, 4) is 5.75 Å². The average molecular weight is 514 g/mol. The quantitative estimate of drug-likeness (QED) is 0.404. The Morgan fingerprint density at radius 3 is 2.25 bits per heavy atom. The molecular formula is C22H19Cl3N2O4S. The lowest BCUT2D eigenvalue weighted by Crippen LogP contribution is -2.27. The van der Waals surface area contributed by atoms with Gasteiger partial charge in [-0.25, -0.2) is 13.1 Å². The highest BCUT2D eigenvalue weighted by atomic mass is 35.5. The first-order valence-corrected chi connectivity index (χ1v) is 12.0. The highest BCUT2D eigenvalue weighted by Crippen LogP contribution is 2.28. The van der Waals surface area contributed by atoms with Crippen LogP contribution in [-0.2, 0) is 14.8 Å². The topological polar surface area (TPSA) is 84.5 Å². The number of sulfonamides is 1. The third-order valence-electron chi connectivity index (χ3n) is 4.35. The molecule has 3 aromatic carbocycles. The fourth-order valence-corrected chi connectivity index (χ4v) is 4.93. The van der Waals surface area contributed by atoms with Gasteiger partial charge in [-0.05, 0) is 48.9 Å². The van der Waals surface area contributed by atoms with Gasteiger partial charge in [0.05, 0.1) is 9.92 Å². The van der Waals surface area contributed by atoms with E-state index in [1.165, 1.54) is 18.2 Å². The first kappa shape index (κ1) is 24.4. The second kappa shape index (κ2) is 10.6. The van der Waals surface area contributed by atoms with Crippen LogP contribution in [0.15, 0.2) is 71.6 Å². The van der Waals surface area contributed by atoms with Crippen LogP contribution < -0.4 is 14.8 Å². The van der Waals surface area contributed by atoms with Crippen LogP contribution in [0.5, 0.6) is 5.75 Å². The van der Waals surface area contributed by atoms with Crippen LogP contribution in [0.3, 0.4) is 0 Å². The van der Waals surface area contributed by atoms with Crippen molar-refractivity contribution in [1.82, 2.24) is 4.72 Å². The van der Waals surface area contributed by atoms with Crippen LogP contribution in [0, 0.1) is 0 Å². The number of halogens is 3. The van der Waals surface area contributed by atoms with Crippen molar-refractivity contribution in [3.63, 3.8) is 0 Å². The van der Waals surface area contributed by atoms with Gasteiger partial charge < -0.3 is 10.1 Å². The highest BCUT2D eigenvalue weighted by molar-refractivity contribution is 7.89. The Morgan fingerprint density at radius 1 is 0.969 bits per heavy atom. The summed E-state index contributed by atoms with van der Waals surface area (Å²) in [6, 6.07) is 17.4. The standard InChI is InChI=1S/C22H19Cl3N2O4S/c1-14(15-5-3-2-4-6-15)27-32(29,30)19-7-8-21(20(25)12-19)31-13-22(28)26-18-10-16(23)9-17(24)11-18/h2-12,14,27H,13H2,1H3,(H,26,28)/t14-/m0/s1. The molecule has 168 valence electrons. The third-order valence-corrected chi connectivity index (χ3v) is 6.62. The van der Waals surface area contributed by atoms with Crippen LogP contribution in [0.2, 0.25) is 15.1 Å². The lowest BCUT2D eigenvalue weighted by atomic mass is 10.1. The maximum Gasteiger partial charge on any atom is 0.262 e. The molecule has 0 spiro atoms. The Kier molecular flexibility index (Phi) is 8.03. The van der Waals surface area contributed by atoms with Crippen LogP contribution in [0.4, 0.5) is 5.69 Å². The van der Waals surface area contributed by atoms with Gasteiger partial charge in [0.25, 0.3) is 5.91 Å². The SMILES string of the molecule is C[C@H](NS(=O)(=O)c1ccc(OCC(=O)Nc2cc(Cl)cc(Cl)c2)c(Cl)c1)c1ccccc1. The Hall–Kier alpha value is -2.29. The van der Waals surface area contributed by atoms with E-state index in [1.807, 2.05) is 30.3 Å².